The van der Waals surface area contributed by atoms with Crippen molar-refractivity contribution in [1.29, 1.82) is 0 Å². The van der Waals surface area contributed by atoms with Gasteiger partial charge in [-0.15, -0.1) is 0 Å². The highest BCUT2D eigenvalue weighted by Crippen LogP contribution is 2.55. The zero-order valence-corrected chi connectivity index (χ0v) is 30.7. The van der Waals surface area contributed by atoms with Gasteiger partial charge in [0, 0.05) is 19.8 Å². The molecule has 0 radical (unpaired) electrons. The fourth-order valence-electron chi connectivity index (χ4n) is 7.38. The fraction of sp³-hybridized carbons (Fsp3) is 0.525. The maximum Gasteiger partial charge on any atom is 0.344 e. The van der Waals surface area contributed by atoms with Gasteiger partial charge in [0.15, 0.2) is 6.10 Å². The number of aryl methyl sites for hydroxylation is 1. The van der Waals surface area contributed by atoms with Crippen LogP contribution in [0.15, 0.2) is 72.8 Å². The van der Waals surface area contributed by atoms with Crippen LogP contribution in [0.2, 0.25) is 0 Å². The third-order valence-corrected chi connectivity index (χ3v) is 10.2. The number of carboxylic acids is 3. The van der Waals surface area contributed by atoms with Crippen LogP contribution in [0.25, 0.3) is 0 Å². The lowest BCUT2D eigenvalue weighted by atomic mass is 9.74. The van der Waals surface area contributed by atoms with Gasteiger partial charge in [0.05, 0.1) is 0 Å². The Balaban J connectivity index is 1.51. The number of hydrogen-bond acceptors (Lipinski definition) is 11. The molecule has 54 heavy (non-hydrogen) atoms. The molecule has 2 aliphatic rings. The third kappa shape index (κ3) is 9.17. The lowest BCUT2D eigenvalue weighted by molar-refractivity contribution is -0.374. The average Bonchev–Trinajstić information content (AvgIpc) is 3.33. The van der Waals surface area contributed by atoms with Crippen LogP contribution in [-0.4, -0.2) is 96.8 Å². The highest BCUT2D eigenvalue weighted by atomic mass is 16.8. The van der Waals surface area contributed by atoms with E-state index in [9.17, 15) is 49.5 Å². The van der Waals surface area contributed by atoms with E-state index in [2.05, 4.69) is 12.1 Å². The zero-order chi connectivity index (χ0) is 39.7. The highest BCUT2D eigenvalue weighted by molar-refractivity contribution is 5.98. The molecule has 0 amide bonds. The van der Waals surface area contributed by atoms with E-state index in [0.29, 0.717) is 6.42 Å². The van der Waals surface area contributed by atoms with Crippen LogP contribution in [0.1, 0.15) is 76.8 Å². The van der Waals surface area contributed by atoms with Crippen molar-refractivity contribution in [1.82, 2.24) is 0 Å². The third-order valence-electron chi connectivity index (χ3n) is 10.2. The number of carbonyl (C=O) groups is 5. The molecule has 5 N–H and O–H groups in total. The SMILES string of the molecule is CC(=O)OC(CCCC12OC(C(=O)O)C(O)(C(=O)O)C(C(=O)O)(O1)[C@H](OC(=O)CC/C=C/C(C)CCCc1ccccc1)[C@H]2O)C(C)Cc1ccccc1. The number of rotatable bonds is 20. The van der Waals surface area contributed by atoms with Gasteiger partial charge in [0.25, 0.3) is 0 Å². The highest BCUT2D eigenvalue weighted by Gasteiger charge is 2.85. The van der Waals surface area contributed by atoms with Gasteiger partial charge < -0.3 is 44.5 Å². The molecule has 294 valence electrons. The first-order valence-electron chi connectivity index (χ1n) is 18.2. The monoisotopic (exact) mass is 754 g/mol. The summed E-state index contributed by atoms with van der Waals surface area (Å²) in [4.78, 5) is 63.2. The number of allylic oxidation sites excluding steroid dienone is 2. The summed E-state index contributed by atoms with van der Waals surface area (Å²) in [6, 6.07) is 19.4. The fourth-order valence-corrected chi connectivity index (χ4v) is 7.38. The molecule has 14 heteroatoms. The number of esters is 2. The van der Waals surface area contributed by atoms with Gasteiger partial charge in [-0.3, -0.25) is 9.59 Å². The van der Waals surface area contributed by atoms with E-state index in [1.165, 1.54) is 12.5 Å². The van der Waals surface area contributed by atoms with Gasteiger partial charge in [0.2, 0.25) is 23.1 Å². The molecule has 0 saturated carbocycles. The molecule has 7 unspecified atom stereocenters. The Morgan fingerprint density at radius 3 is 2.09 bits per heavy atom. The van der Waals surface area contributed by atoms with E-state index in [1.54, 1.807) is 6.08 Å². The van der Waals surface area contributed by atoms with Crippen molar-refractivity contribution in [2.24, 2.45) is 11.8 Å². The van der Waals surface area contributed by atoms with Gasteiger partial charge in [-0.1, -0.05) is 86.7 Å². The second kappa shape index (κ2) is 18.1. The molecular weight excluding hydrogens is 704 g/mol. The lowest BCUT2D eigenvalue weighted by Crippen LogP contribution is -2.78. The first-order chi connectivity index (χ1) is 25.6. The van der Waals surface area contributed by atoms with Gasteiger partial charge in [-0.25, -0.2) is 14.4 Å². The first kappa shape index (κ1) is 42.1. The number of aliphatic hydroxyl groups excluding tert-OH is 1. The largest absolute Gasteiger partial charge is 0.479 e. The van der Waals surface area contributed by atoms with Crippen molar-refractivity contribution in [2.75, 3.05) is 0 Å². The van der Waals surface area contributed by atoms with Crippen LogP contribution in [0.5, 0.6) is 0 Å². The molecule has 2 saturated heterocycles. The van der Waals surface area contributed by atoms with E-state index in [1.807, 2.05) is 68.5 Å². The van der Waals surface area contributed by atoms with E-state index in [4.69, 9.17) is 18.9 Å². The summed E-state index contributed by atoms with van der Waals surface area (Å²) in [7, 11) is 0. The van der Waals surface area contributed by atoms with Crippen LogP contribution < -0.4 is 0 Å². The smallest absolute Gasteiger partial charge is 0.344 e. The Labute approximate surface area is 313 Å². The van der Waals surface area contributed by atoms with Crippen molar-refractivity contribution < 1.29 is 68.5 Å². The summed E-state index contributed by atoms with van der Waals surface area (Å²) >= 11 is 0. The van der Waals surface area contributed by atoms with Crippen molar-refractivity contribution in [3.63, 3.8) is 0 Å². The lowest BCUT2D eigenvalue weighted by Gasteiger charge is -2.48. The number of hydrogen-bond donors (Lipinski definition) is 5. The molecule has 2 aromatic rings. The van der Waals surface area contributed by atoms with Crippen molar-refractivity contribution >= 4 is 29.8 Å². The molecule has 9 atom stereocenters. The second-order valence-electron chi connectivity index (χ2n) is 14.2. The van der Waals surface area contributed by atoms with Crippen molar-refractivity contribution in [3.05, 3.63) is 83.9 Å². The summed E-state index contributed by atoms with van der Waals surface area (Å²) in [6.45, 7) is 5.12. The average molecular weight is 755 g/mol. The second-order valence-corrected chi connectivity index (χ2v) is 14.2. The number of carboxylic acid groups (broad SMARTS) is 3. The molecule has 0 spiro atoms. The van der Waals surface area contributed by atoms with Crippen LogP contribution in [0.3, 0.4) is 0 Å². The van der Waals surface area contributed by atoms with Crippen LogP contribution >= 0.6 is 0 Å². The van der Waals surface area contributed by atoms with Crippen LogP contribution in [0, 0.1) is 11.8 Å². The molecular formula is C40H50O14. The van der Waals surface area contributed by atoms with Gasteiger partial charge in [-0.2, -0.15) is 0 Å². The van der Waals surface area contributed by atoms with Gasteiger partial charge in [-0.05, 0) is 67.9 Å². The van der Waals surface area contributed by atoms with E-state index in [0.717, 1.165) is 24.8 Å². The number of ether oxygens (including phenoxy) is 4. The van der Waals surface area contributed by atoms with E-state index in [-0.39, 0.29) is 37.5 Å². The molecule has 2 bridgehead atoms. The topological polar surface area (TPSA) is 223 Å². The summed E-state index contributed by atoms with van der Waals surface area (Å²) in [6.07, 6.45) is -1.75. The summed E-state index contributed by atoms with van der Waals surface area (Å²) in [5, 5.41) is 53.7. The summed E-state index contributed by atoms with van der Waals surface area (Å²) in [5.74, 6) is -10.8. The minimum Gasteiger partial charge on any atom is -0.479 e. The maximum atomic E-state index is 13.2. The molecule has 2 aromatic carbocycles. The molecule has 0 aromatic heterocycles. The summed E-state index contributed by atoms with van der Waals surface area (Å²) in [5.41, 5.74) is -5.16. The Kier molecular flexibility index (Phi) is 14.1. The van der Waals surface area contributed by atoms with Crippen molar-refractivity contribution in [3.8, 4) is 0 Å². The number of aliphatic hydroxyl groups is 2. The molecule has 14 nitrogen and oxygen atoms in total. The van der Waals surface area contributed by atoms with Crippen LogP contribution in [0.4, 0.5) is 0 Å². The minimum absolute atomic E-state index is 0.0311. The first-order valence-corrected chi connectivity index (χ1v) is 18.2. The van der Waals surface area contributed by atoms with E-state index < -0.39 is 77.7 Å². The van der Waals surface area contributed by atoms with E-state index >= 15 is 0 Å². The quantitative estimate of drug-likeness (QED) is 0.0950. The number of carbonyl (C=O) groups excluding carboxylic acids is 2. The van der Waals surface area contributed by atoms with Gasteiger partial charge >= 0.3 is 29.8 Å². The molecule has 2 fully saturated rings. The number of aliphatic carboxylic acids is 3. The Morgan fingerprint density at radius 1 is 0.889 bits per heavy atom. The maximum absolute atomic E-state index is 13.2. The Hall–Kier alpha value is -4.63. The van der Waals surface area contributed by atoms with Gasteiger partial charge in [0.1, 0.15) is 12.2 Å². The summed E-state index contributed by atoms with van der Waals surface area (Å²) < 4.78 is 22.2. The van der Waals surface area contributed by atoms with Crippen molar-refractivity contribution in [2.45, 2.75) is 120 Å². The molecule has 0 aliphatic carbocycles. The minimum atomic E-state index is -3.86. The van der Waals surface area contributed by atoms with Crippen LogP contribution in [-0.2, 0) is 55.8 Å². The zero-order valence-electron chi connectivity index (χ0n) is 30.7. The molecule has 2 heterocycles. The Bertz CT molecular complexity index is 1650. The number of benzene rings is 2. The normalized spacial score (nSPS) is 27.8. The predicted molar refractivity (Wildman–Crippen MR) is 191 cm³/mol. The molecule has 4 rings (SSSR count). The standard InChI is InChI=1S/C40H50O14/c1-25(15-12-20-28-16-6-4-7-17-28)14-10-11-22-31(42)52-33-32(43)38(53-34(35(44)45)39(50,36(46)47)40(33,54-38)37(48)49)23-13-21-30(51-27(3)41)26(2)24-29-18-8-5-9-19-29/h4-10,14,16-19,25-26,30,32-34,43,50H,11-13,15,20-24H2,1-3H3,(H,44,45)(H,46,47)(H,48,49)/b14-10+/t25?,26?,30?,32-,33-,34?,38?,39?,40?/m1/s1. The molecule has 2 aliphatic heterocycles. The predicted octanol–water partition coefficient (Wildman–Crippen LogP) is 4.08. The number of fused-ring (bicyclic) bond motifs is 2. The Morgan fingerprint density at radius 2 is 1.52 bits per heavy atom.